The van der Waals surface area contributed by atoms with Gasteiger partial charge in [0.05, 0.1) is 0 Å². The second-order valence-corrected chi connectivity index (χ2v) is 4.21. The predicted octanol–water partition coefficient (Wildman–Crippen LogP) is 1.68. The smallest absolute Gasteiger partial charge is 0.00462 e. The Morgan fingerprint density at radius 1 is 1.44 bits per heavy atom. The third-order valence-electron chi connectivity index (χ3n) is 2.86. The predicted molar refractivity (Wildman–Crippen MR) is 72.5 cm³/mol. The molecule has 86 valence electrons. The lowest BCUT2D eigenvalue weighted by Crippen LogP contribution is -2.22. The van der Waals surface area contributed by atoms with Crippen molar-refractivity contribution >= 4 is 12.7 Å². The van der Waals surface area contributed by atoms with Gasteiger partial charge in [-0.2, -0.15) is 0 Å². The molecule has 1 nitrogen and oxygen atoms in total. The Hall–Kier alpha value is -1.34. The van der Waals surface area contributed by atoms with Crippen LogP contribution in [0.3, 0.4) is 0 Å². The summed E-state index contributed by atoms with van der Waals surface area (Å²) < 4.78 is 0. The molecule has 16 heavy (non-hydrogen) atoms. The minimum atomic E-state index is 0.507. The standard InChI is InChI=1S/C15H21N/c1-12(9-10-16-4)14(3)11-15-8-6-5-7-13(15)2/h5-8,11-12,16H,2-3,9-10H2,1,4H3/b15-11-. The first-order chi connectivity index (χ1) is 7.65. The molecule has 0 aromatic heterocycles. The van der Waals surface area contributed by atoms with Gasteiger partial charge in [0.2, 0.25) is 0 Å². The molecule has 0 aliphatic rings. The summed E-state index contributed by atoms with van der Waals surface area (Å²) in [4.78, 5) is 0. The highest BCUT2D eigenvalue weighted by Gasteiger charge is 2.02. The monoisotopic (exact) mass is 215 g/mol. The quantitative estimate of drug-likeness (QED) is 0.788. The molecule has 1 aromatic carbocycles. The maximum atomic E-state index is 4.13. The van der Waals surface area contributed by atoms with Crippen molar-refractivity contribution in [1.82, 2.24) is 5.32 Å². The third-order valence-corrected chi connectivity index (χ3v) is 2.86. The van der Waals surface area contributed by atoms with Gasteiger partial charge in [-0.25, -0.2) is 0 Å². The molecule has 1 N–H and O–H groups in total. The Morgan fingerprint density at radius 2 is 2.12 bits per heavy atom. The maximum absolute atomic E-state index is 4.13. The van der Waals surface area contributed by atoms with E-state index in [1.807, 2.05) is 25.2 Å². The molecular formula is C15H21N. The van der Waals surface area contributed by atoms with Crippen molar-refractivity contribution < 1.29 is 0 Å². The van der Waals surface area contributed by atoms with Gasteiger partial charge in [-0.3, -0.25) is 0 Å². The summed E-state index contributed by atoms with van der Waals surface area (Å²) in [5.74, 6) is 0.507. The Morgan fingerprint density at radius 3 is 2.75 bits per heavy atom. The van der Waals surface area contributed by atoms with Crippen LogP contribution in [-0.4, -0.2) is 13.6 Å². The Balaban J connectivity index is 2.81. The number of benzene rings is 1. The molecule has 0 saturated heterocycles. The van der Waals surface area contributed by atoms with Gasteiger partial charge in [0.1, 0.15) is 0 Å². The Labute approximate surface area is 98.2 Å². The van der Waals surface area contributed by atoms with E-state index in [-0.39, 0.29) is 0 Å². The van der Waals surface area contributed by atoms with Crippen LogP contribution >= 0.6 is 0 Å². The second kappa shape index (κ2) is 6.29. The fraction of sp³-hybridized carbons (Fsp3) is 0.333. The Kier molecular flexibility index (Phi) is 5.00. The van der Waals surface area contributed by atoms with E-state index in [9.17, 15) is 0 Å². The van der Waals surface area contributed by atoms with Crippen LogP contribution in [0.25, 0.3) is 12.7 Å². The second-order valence-electron chi connectivity index (χ2n) is 4.21. The lowest BCUT2D eigenvalue weighted by atomic mass is 9.98. The van der Waals surface area contributed by atoms with Crippen LogP contribution in [0, 0.1) is 5.92 Å². The molecule has 0 spiro atoms. The van der Waals surface area contributed by atoms with Gasteiger partial charge >= 0.3 is 0 Å². The fourth-order valence-corrected chi connectivity index (χ4v) is 1.56. The Bertz CT molecular complexity index is 445. The summed E-state index contributed by atoms with van der Waals surface area (Å²) in [6.45, 7) is 11.4. The average molecular weight is 215 g/mol. The van der Waals surface area contributed by atoms with Crippen molar-refractivity contribution in [2.24, 2.45) is 5.92 Å². The summed E-state index contributed by atoms with van der Waals surface area (Å²) in [6.07, 6.45) is 3.26. The number of allylic oxidation sites excluding steroid dienone is 1. The number of nitrogens with one attached hydrogen (secondary N) is 1. The van der Waals surface area contributed by atoms with Gasteiger partial charge in [0, 0.05) is 0 Å². The molecule has 1 heteroatoms. The van der Waals surface area contributed by atoms with E-state index < -0.39 is 0 Å². The first-order valence-electron chi connectivity index (χ1n) is 5.74. The summed E-state index contributed by atoms with van der Waals surface area (Å²) in [6, 6.07) is 8.15. The van der Waals surface area contributed by atoms with Crippen LogP contribution in [0.15, 0.2) is 36.4 Å². The third kappa shape index (κ3) is 3.67. The number of hydrogen-bond donors (Lipinski definition) is 1. The van der Waals surface area contributed by atoms with Crippen molar-refractivity contribution in [2.45, 2.75) is 13.3 Å². The molecule has 0 heterocycles. The van der Waals surface area contributed by atoms with Gasteiger partial charge in [-0.05, 0) is 36.4 Å². The van der Waals surface area contributed by atoms with Gasteiger partial charge in [0.15, 0.2) is 0 Å². The summed E-state index contributed by atoms with van der Waals surface area (Å²) in [5, 5.41) is 5.39. The zero-order valence-electron chi connectivity index (χ0n) is 10.3. The summed E-state index contributed by atoms with van der Waals surface area (Å²) >= 11 is 0. The molecule has 1 unspecified atom stereocenters. The van der Waals surface area contributed by atoms with Crippen LogP contribution in [-0.2, 0) is 0 Å². The lowest BCUT2D eigenvalue weighted by Gasteiger charge is -2.10. The molecule has 0 aliphatic carbocycles. The van der Waals surface area contributed by atoms with E-state index in [4.69, 9.17) is 0 Å². The maximum Gasteiger partial charge on any atom is -0.00462 e. The van der Waals surface area contributed by atoms with E-state index >= 15 is 0 Å². The van der Waals surface area contributed by atoms with Gasteiger partial charge in [0.25, 0.3) is 0 Å². The SMILES string of the molecule is C=C(/C=c1/ccccc1=C)C(C)CCNC. The topological polar surface area (TPSA) is 12.0 Å². The summed E-state index contributed by atoms with van der Waals surface area (Å²) in [7, 11) is 1.98. The van der Waals surface area contributed by atoms with Gasteiger partial charge in [-0.15, -0.1) is 0 Å². The minimum Gasteiger partial charge on any atom is -0.320 e. The molecule has 0 amide bonds. The molecular weight excluding hydrogens is 194 g/mol. The van der Waals surface area contributed by atoms with Crippen LogP contribution in [0.4, 0.5) is 0 Å². The zero-order valence-corrected chi connectivity index (χ0v) is 10.3. The largest absolute Gasteiger partial charge is 0.320 e. The van der Waals surface area contributed by atoms with Crippen LogP contribution < -0.4 is 15.8 Å². The number of rotatable bonds is 5. The highest BCUT2D eigenvalue weighted by molar-refractivity contribution is 5.46. The van der Waals surface area contributed by atoms with Crippen LogP contribution in [0.1, 0.15) is 13.3 Å². The minimum absolute atomic E-state index is 0.507. The normalized spacial score (nSPS) is 13.8. The molecule has 1 rings (SSSR count). The molecule has 0 aliphatic heterocycles. The van der Waals surface area contributed by atoms with E-state index in [0.717, 1.165) is 18.2 Å². The van der Waals surface area contributed by atoms with E-state index in [0.29, 0.717) is 5.92 Å². The van der Waals surface area contributed by atoms with Gasteiger partial charge < -0.3 is 5.32 Å². The highest BCUT2D eigenvalue weighted by Crippen LogP contribution is 2.12. The molecule has 0 bridgehead atoms. The van der Waals surface area contributed by atoms with Crippen LogP contribution in [0.2, 0.25) is 0 Å². The fourth-order valence-electron chi connectivity index (χ4n) is 1.56. The van der Waals surface area contributed by atoms with Crippen molar-refractivity contribution in [2.75, 3.05) is 13.6 Å². The van der Waals surface area contributed by atoms with Crippen LogP contribution in [0.5, 0.6) is 0 Å². The molecule has 1 atom stereocenters. The first-order valence-corrected chi connectivity index (χ1v) is 5.74. The number of hydrogen-bond acceptors (Lipinski definition) is 1. The van der Waals surface area contributed by atoms with E-state index in [2.05, 4.69) is 37.5 Å². The molecule has 0 saturated carbocycles. The molecule has 1 aromatic rings. The van der Waals surface area contributed by atoms with Crippen molar-refractivity contribution in [3.8, 4) is 0 Å². The highest BCUT2D eigenvalue weighted by atomic mass is 14.8. The summed E-state index contributed by atoms with van der Waals surface area (Å²) in [5.41, 5.74) is 1.17. The van der Waals surface area contributed by atoms with Gasteiger partial charge in [-0.1, -0.05) is 56.0 Å². The van der Waals surface area contributed by atoms with Crippen molar-refractivity contribution in [3.63, 3.8) is 0 Å². The zero-order chi connectivity index (χ0) is 12.0. The average Bonchev–Trinajstić information content (AvgIpc) is 2.28. The molecule has 0 fully saturated rings. The lowest BCUT2D eigenvalue weighted by molar-refractivity contribution is 0.599. The van der Waals surface area contributed by atoms with Crippen molar-refractivity contribution in [3.05, 3.63) is 46.9 Å². The molecule has 0 radical (unpaired) electrons. The van der Waals surface area contributed by atoms with E-state index in [1.54, 1.807) is 0 Å². The van der Waals surface area contributed by atoms with Crippen molar-refractivity contribution in [1.29, 1.82) is 0 Å². The van der Waals surface area contributed by atoms with E-state index in [1.165, 1.54) is 10.8 Å². The first kappa shape index (κ1) is 12.7.